The molecule has 3 heteroatoms. The van der Waals surface area contributed by atoms with Crippen molar-refractivity contribution < 1.29 is 0 Å². The predicted octanol–water partition coefficient (Wildman–Crippen LogP) is 3.03. The number of aromatic nitrogens is 2. The zero-order valence-corrected chi connectivity index (χ0v) is 9.20. The van der Waals surface area contributed by atoms with Crippen molar-refractivity contribution in [2.24, 2.45) is 0 Å². The Balaban J connectivity index is 2.22. The molecule has 0 unspecified atom stereocenters. The van der Waals surface area contributed by atoms with E-state index in [4.69, 9.17) is 11.6 Å². The highest BCUT2D eigenvalue weighted by Gasteiger charge is 2.02. The van der Waals surface area contributed by atoms with E-state index in [0.717, 1.165) is 17.8 Å². The van der Waals surface area contributed by atoms with Gasteiger partial charge in [0.1, 0.15) is 11.0 Å². The lowest BCUT2D eigenvalue weighted by molar-refractivity contribution is 0.956. The zero-order chi connectivity index (χ0) is 10.7. The zero-order valence-electron chi connectivity index (χ0n) is 8.44. The van der Waals surface area contributed by atoms with Gasteiger partial charge < -0.3 is 0 Å². The van der Waals surface area contributed by atoms with Crippen LogP contribution in [0.25, 0.3) is 0 Å². The van der Waals surface area contributed by atoms with Crippen LogP contribution in [0.1, 0.15) is 17.0 Å². The van der Waals surface area contributed by atoms with Crippen molar-refractivity contribution in [2.45, 2.75) is 13.3 Å². The maximum Gasteiger partial charge on any atom is 0.135 e. The maximum atomic E-state index is 5.93. The van der Waals surface area contributed by atoms with Crippen LogP contribution in [-0.2, 0) is 6.42 Å². The molecule has 0 amide bonds. The minimum atomic E-state index is 0.538. The molecule has 2 rings (SSSR count). The molecule has 0 aliphatic heterocycles. The van der Waals surface area contributed by atoms with Crippen LogP contribution in [0.5, 0.6) is 0 Å². The van der Waals surface area contributed by atoms with E-state index in [1.165, 1.54) is 5.56 Å². The van der Waals surface area contributed by atoms with Gasteiger partial charge in [0.15, 0.2) is 0 Å². The van der Waals surface area contributed by atoms with E-state index in [9.17, 15) is 0 Å². The molecule has 76 valence electrons. The van der Waals surface area contributed by atoms with Crippen LogP contribution >= 0.6 is 11.6 Å². The van der Waals surface area contributed by atoms with Crippen LogP contribution in [0, 0.1) is 6.92 Å². The Morgan fingerprint density at radius 3 is 2.60 bits per heavy atom. The molecule has 1 aromatic heterocycles. The van der Waals surface area contributed by atoms with Gasteiger partial charge in [-0.05, 0) is 12.5 Å². The van der Waals surface area contributed by atoms with Crippen molar-refractivity contribution in [3.05, 3.63) is 58.6 Å². The van der Waals surface area contributed by atoms with Gasteiger partial charge >= 0.3 is 0 Å². The third-order valence-corrected chi connectivity index (χ3v) is 2.55. The molecule has 2 nitrogen and oxygen atoms in total. The fraction of sp³-hybridized carbons (Fsp3) is 0.167. The first-order valence-corrected chi connectivity index (χ1v) is 5.15. The van der Waals surface area contributed by atoms with E-state index >= 15 is 0 Å². The summed E-state index contributed by atoms with van der Waals surface area (Å²) >= 11 is 5.93. The van der Waals surface area contributed by atoms with Gasteiger partial charge in [-0.15, -0.1) is 0 Å². The monoisotopic (exact) mass is 218 g/mol. The lowest BCUT2D eigenvalue weighted by Gasteiger charge is -2.02. The van der Waals surface area contributed by atoms with Crippen LogP contribution in [-0.4, -0.2) is 9.97 Å². The largest absolute Gasteiger partial charge is 0.241 e. The van der Waals surface area contributed by atoms with Crippen LogP contribution in [0.2, 0.25) is 5.15 Å². The molecule has 0 radical (unpaired) electrons. The summed E-state index contributed by atoms with van der Waals surface area (Å²) in [5.41, 5.74) is 2.10. The van der Waals surface area contributed by atoms with Gasteiger partial charge in [-0.2, -0.15) is 0 Å². The van der Waals surface area contributed by atoms with Gasteiger partial charge in [0.25, 0.3) is 0 Å². The standard InChI is InChI=1S/C12H11ClN2/c1-9-8-14-11(15-12(9)13)7-10-5-3-2-4-6-10/h2-6,8H,7H2,1H3. The minimum Gasteiger partial charge on any atom is -0.241 e. The molecule has 2 aromatic rings. The number of aryl methyl sites for hydroxylation is 1. The second kappa shape index (κ2) is 4.41. The molecule has 0 bridgehead atoms. The van der Waals surface area contributed by atoms with Gasteiger partial charge in [0.05, 0.1) is 0 Å². The van der Waals surface area contributed by atoms with Crippen molar-refractivity contribution >= 4 is 11.6 Å². The fourth-order valence-corrected chi connectivity index (χ4v) is 1.46. The summed E-state index contributed by atoms with van der Waals surface area (Å²) in [5.74, 6) is 0.761. The smallest absolute Gasteiger partial charge is 0.135 e. The third-order valence-electron chi connectivity index (χ3n) is 2.16. The van der Waals surface area contributed by atoms with Crippen LogP contribution < -0.4 is 0 Å². The number of nitrogens with zero attached hydrogens (tertiary/aromatic N) is 2. The minimum absolute atomic E-state index is 0.538. The highest BCUT2D eigenvalue weighted by atomic mass is 35.5. The van der Waals surface area contributed by atoms with Crippen LogP contribution in [0.4, 0.5) is 0 Å². The van der Waals surface area contributed by atoms with E-state index in [-0.39, 0.29) is 0 Å². The Bertz CT molecular complexity index is 454. The summed E-state index contributed by atoms with van der Waals surface area (Å²) in [6, 6.07) is 10.1. The average Bonchev–Trinajstić information content (AvgIpc) is 2.25. The van der Waals surface area contributed by atoms with Gasteiger partial charge in [0.2, 0.25) is 0 Å². The van der Waals surface area contributed by atoms with Crippen molar-refractivity contribution in [1.82, 2.24) is 9.97 Å². The highest BCUT2D eigenvalue weighted by molar-refractivity contribution is 6.30. The summed E-state index contributed by atoms with van der Waals surface area (Å²) < 4.78 is 0. The summed E-state index contributed by atoms with van der Waals surface area (Å²) in [4.78, 5) is 8.46. The summed E-state index contributed by atoms with van der Waals surface area (Å²) in [5, 5.41) is 0.538. The Hall–Kier alpha value is -1.41. The van der Waals surface area contributed by atoms with E-state index in [1.54, 1.807) is 6.20 Å². The van der Waals surface area contributed by atoms with Crippen LogP contribution in [0.3, 0.4) is 0 Å². The normalized spacial score (nSPS) is 10.3. The third kappa shape index (κ3) is 2.54. The van der Waals surface area contributed by atoms with Crippen molar-refractivity contribution in [3.63, 3.8) is 0 Å². The first-order chi connectivity index (χ1) is 7.25. The predicted molar refractivity (Wildman–Crippen MR) is 61.0 cm³/mol. The number of halogens is 1. The fourth-order valence-electron chi connectivity index (χ4n) is 1.32. The number of hydrogen-bond donors (Lipinski definition) is 0. The summed E-state index contributed by atoms with van der Waals surface area (Å²) in [6.07, 6.45) is 2.48. The molecular formula is C12H11ClN2. The van der Waals surface area contributed by atoms with Crippen LogP contribution in [0.15, 0.2) is 36.5 Å². The molecule has 1 aromatic carbocycles. The molecule has 0 spiro atoms. The molecule has 0 fully saturated rings. The second-order valence-electron chi connectivity index (χ2n) is 3.42. The van der Waals surface area contributed by atoms with Gasteiger partial charge in [-0.25, -0.2) is 9.97 Å². The quantitative estimate of drug-likeness (QED) is 0.725. The SMILES string of the molecule is Cc1cnc(Cc2ccccc2)nc1Cl. The Morgan fingerprint density at radius 2 is 1.93 bits per heavy atom. The van der Waals surface area contributed by atoms with E-state index < -0.39 is 0 Å². The Morgan fingerprint density at radius 1 is 1.20 bits per heavy atom. The van der Waals surface area contributed by atoms with Gasteiger partial charge in [0, 0.05) is 18.2 Å². The number of benzene rings is 1. The average molecular weight is 219 g/mol. The lowest BCUT2D eigenvalue weighted by Crippen LogP contribution is -1.97. The van der Waals surface area contributed by atoms with Crippen molar-refractivity contribution in [2.75, 3.05) is 0 Å². The first kappa shape index (κ1) is 10.1. The molecule has 15 heavy (non-hydrogen) atoms. The topological polar surface area (TPSA) is 25.8 Å². The van der Waals surface area contributed by atoms with Crippen molar-refractivity contribution in [1.29, 1.82) is 0 Å². The van der Waals surface area contributed by atoms with E-state index in [2.05, 4.69) is 22.1 Å². The number of hydrogen-bond acceptors (Lipinski definition) is 2. The molecule has 0 saturated heterocycles. The van der Waals surface area contributed by atoms with E-state index in [1.807, 2.05) is 25.1 Å². The number of rotatable bonds is 2. The molecule has 1 heterocycles. The second-order valence-corrected chi connectivity index (χ2v) is 3.78. The Labute approximate surface area is 94.0 Å². The first-order valence-electron chi connectivity index (χ1n) is 4.77. The summed E-state index contributed by atoms with van der Waals surface area (Å²) in [6.45, 7) is 1.90. The molecule has 0 saturated carbocycles. The molecule has 0 N–H and O–H groups in total. The Kier molecular flexibility index (Phi) is 2.97. The van der Waals surface area contributed by atoms with Gasteiger partial charge in [-0.3, -0.25) is 0 Å². The molecule has 0 atom stereocenters. The van der Waals surface area contributed by atoms with Gasteiger partial charge in [-0.1, -0.05) is 41.9 Å². The maximum absolute atomic E-state index is 5.93. The van der Waals surface area contributed by atoms with Crippen molar-refractivity contribution in [3.8, 4) is 0 Å². The molecular weight excluding hydrogens is 208 g/mol. The lowest BCUT2D eigenvalue weighted by atomic mass is 10.1. The summed E-state index contributed by atoms with van der Waals surface area (Å²) in [7, 11) is 0. The van der Waals surface area contributed by atoms with E-state index in [0.29, 0.717) is 5.15 Å². The molecule has 0 aliphatic carbocycles. The highest BCUT2D eigenvalue weighted by Crippen LogP contribution is 2.12. The molecule has 0 aliphatic rings.